The van der Waals surface area contributed by atoms with E-state index in [2.05, 4.69) is 20.7 Å². The van der Waals surface area contributed by atoms with Crippen LogP contribution in [0.3, 0.4) is 0 Å². The lowest BCUT2D eigenvalue weighted by Gasteiger charge is -2.05. The van der Waals surface area contributed by atoms with Gasteiger partial charge in [0, 0.05) is 11.4 Å². The molecule has 0 spiro atoms. The maximum atomic E-state index is 11.6. The average Bonchev–Trinajstić information content (AvgIpc) is 2.01. The topological polar surface area (TPSA) is 46.2 Å². The molecule has 0 radical (unpaired) electrons. The van der Waals surface area contributed by atoms with Crippen LogP contribution in [0.1, 0.15) is 12.5 Å². The standard InChI is InChI=1S/C9H10BrNO2S/c1-6-5-8(10)3-4-9(6)14(13)11-7(2)12/h3-5H,1-2H3,(H,11,12). The summed E-state index contributed by atoms with van der Waals surface area (Å²) in [5.41, 5.74) is 0.881. The van der Waals surface area contributed by atoms with E-state index in [1.807, 2.05) is 13.0 Å². The second-order valence-corrected chi connectivity index (χ2v) is 4.93. The van der Waals surface area contributed by atoms with Crippen molar-refractivity contribution in [3.8, 4) is 0 Å². The number of aryl methyl sites for hydroxylation is 1. The van der Waals surface area contributed by atoms with E-state index in [0.29, 0.717) is 4.90 Å². The summed E-state index contributed by atoms with van der Waals surface area (Å²) in [6.07, 6.45) is 0. The number of carbonyl (C=O) groups excluding carboxylic acids is 1. The van der Waals surface area contributed by atoms with Crippen molar-refractivity contribution >= 4 is 32.8 Å². The summed E-state index contributed by atoms with van der Waals surface area (Å²) in [6.45, 7) is 3.19. The van der Waals surface area contributed by atoms with Gasteiger partial charge in [-0.1, -0.05) is 15.9 Å². The van der Waals surface area contributed by atoms with Gasteiger partial charge in [0.25, 0.3) is 0 Å². The highest BCUT2D eigenvalue weighted by molar-refractivity contribution is 9.10. The number of hydrogen-bond acceptors (Lipinski definition) is 2. The molecule has 0 aromatic heterocycles. The van der Waals surface area contributed by atoms with Crippen LogP contribution in [0.15, 0.2) is 27.6 Å². The third kappa shape index (κ3) is 2.92. The molecule has 0 aliphatic heterocycles. The molecule has 1 atom stereocenters. The van der Waals surface area contributed by atoms with Gasteiger partial charge in [0.2, 0.25) is 5.91 Å². The molecular formula is C9H10BrNO2S. The van der Waals surface area contributed by atoms with Crippen molar-refractivity contribution < 1.29 is 9.00 Å². The van der Waals surface area contributed by atoms with Crippen molar-refractivity contribution in [3.05, 3.63) is 28.2 Å². The van der Waals surface area contributed by atoms with Gasteiger partial charge in [-0.2, -0.15) is 0 Å². The lowest BCUT2D eigenvalue weighted by atomic mass is 10.2. The van der Waals surface area contributed by atoms with Crippen LogP contribution < -0.4 is 4.72 Å². The quantitative estimate of drug-likeness (QED) is 0.897. The zero-order chi connectivity index (χ0) is 10.7. The molecule has 0 saturated heterocycles. The number of benzene rings is 1. The molecule has 3 nitrogen and oxygen atoms in total. The van der Waals surface area contributed by atoms with Gasteiger partial charge in [-0.05, 0) is 30.7 Å². The predicted octanol–water partition coefficient (Wildman–Crippen LogP) is 1.92. The van der Waals surface area contributed by atoms with Crippen LogP contribution in [-0.2, 0) is 15.8 Å². The van der Waals surface area contributed by atoms with Crippen molar-refractivity contribution in [1.82, 2.24) is 4.72 Å². The molecule has 76 valence electrons. The van der Waals surface area contributed by atoms with Crippen LogP contribution in [-0.4, -0.2) is 10.1 Å². The van der Waals surface area contributed by atoms with E-state index in [0.717, 1.165) is 10.0 Å². The van der Waals surface area contributed by atoms with E-state index in [9.17, 15) is 9.00 Å². The first-order valence-electron chi connectivity index (χ1n) is 3.96. The zero-order valence-electron chi connectivity index (χ0n) is 7.83. The molecule has 1 rings (SSSR count). The first-order valence-corrected chi connectivity index (χ1v) is 5.90. The molecule has 5 heteroatoms. The zero-order valence-corrected chi connectivity index (χ0v) is 10.2. The summed E-state index contributed by atoms with van der Waals surface area (Å²) >= 11 is 3.31. The molecule has 0 heterocycles. The third-order valence-electron chi connectivity index (χ3n) is 1.57. The fourth-order valence-electron chi connectivity index (χ4n) is 1.01. The Morgan fingerprint density at radius 3 is 2.64 bits per heavy atom. The van der Waals surface area contributed by atoms with E-state index in [1.54, 1.807) is 12.1 Å². The Kier molecular flexibility index (Phi) is 3.83. The molecule has 1 unspecified atom stereocenters. The lowest BCUT2D eigenvalue weighted by Crippen LogP contribution is -2.22. The Bertz CT molecular complexity index is 392. The minimum Gasteiger partial charge on any atom is -0.274 e. The summed E-state index contributed by atoms with van der Waals surface area (Å²) in [5, 5.41) is 0. The van der Waals surface area contributed by atoms with E-state index in [1.165, 1.54) is 6.92 Å². The lowest BCUT2D eigenvalue weighted by molar-refractivity contribution is -0.117. The van der Waals surface area contributed by atoms with E-state index in [4.69, 9.17) is 0 Å². The molecule has 0 bridgehead atoms. The van der Waals surface area contributed by atoms with E-state index < -0.39 is 11.0 Å². The SMILES string of the molecule is CC(=O)NS(=O)c1ccc(Br)cc1C. The average molecular weight is 276 g/mol. The fourth-order valence-corrected chi connectivity index (χ4v) is 2.40. The van der Waals surface area contributed by atoms with Crippen molar-refractivity contribution in [2.75, 3.05) is 0 Å². The van der Waals surface area contributed by atoms with Gasteiger partial charge >= 0.3 is 0 Å². The number of nitrogens with one attached hydrogen (secondary N) is 1. The van der Waals surface area contributed by atoms with Gasteiger partial charge in [0.1, 0.15) is 0 Å². The summed E-state index contributed by atoms with van der Waals surface area (Å²) in [4.78, 5) is 11.3. The first kappa shape index (κ1) is 11.4. The van der Waals surface area contributed by atoms with Crippen molar-refractivity contribution in [3.63, 3.8) is 0 Å². The molecule has 1 N–H and O–H groups in total. The van der Waals surface area contributed by atoms with E-state index in [-0.39, 0.29) is 5.91 Å². The Balaban J connectivity index is 2.96. The molecule has 1 amide bonds. The van der Waals surface area contributed by atoms with Gasteiger partial charge in [0.15, 0.2) is 11.0 Å². The van der Waals surface area contributed by atoms with Crippen molar-refractivity contribution in [1.29, 1.82) is 0 Å². The van der Waals surface area contributed by atoms with Crippen LogP contribution in [0.2, 0.25) is 0 Å². The Labute approximate surface area is 93.6 Å². The molecule has 0 aliphatic rings. The monoisotopic (exact) mass is 275 g/mol. The minimum atomic E-state index is -1.45. The normalized spacial score (nSPS) is 12.2. The summed E-state index contributed by atoms with van der Waals surface area (Å²) in [6, 6.07) is 5.38. The number of rotatable bonds is 2. The minimum absolute atomic E-state index is 0.300. The van der Waals surface area contributed by atoms with Gasteiger partial charge in [-0.15, -0.1) is 0 Å². The second-order valence-electron chi connectivity index (χ2n) is 2.84. The smallest absolute Gasteiger partial charge is 0.228 e. The second kappa shape index (κ2) is 4.70. The molecule has 14 heavy (non-hydrogen) atoms. The maximum Gasteiger partial charge on any atom is 0.228 e. The van der Waals surface area contributed by atoms with Crippen molar-refractivity contribution in [2.45, 2.75) is 18.7 Å². The van der Waals surface area contributed by atoms with E-state index >= 15 is 0 Å². The largest absolute Gasteiger partial charge is 0.274 e. The van der Waals surface area contributed by atoms with Gasteiger partial charge < -0.3 is 0 Å². The Morgan fingerprint density at radius 2 is 2.14 bits per heavy atom. The highest BCUT2D eigenvalue weighted by atomic mass is 79.9. The number of amides is 1. The molecular weight excluding hydrogens is 266 g/mol. The van der Waals surface area contributed by atoms with Gasteiger partial charge in [0.05, 0.1) is 4.90 Å². The predicted molar refractivity (Wildman–Crippen MR) is 59.1 cm³/mol. The molecule has 0 saturated carbocycles. The summed E-state index contributed by atoms with van der Waals surface area (Å²) in [7, 11) is -1.45. The number of carbonyl (C=O) groups is 1. The maximum absolute atomic E-state index is 11.6. The molecule has 1 aromatic carbocycles. The van der Waals surface area contributed by atoms with Crippen LogP contribution in [0, 0.1) is 6.92 Å². The molecule has 0 fully saturated rings. The van der Waals surface area contributed by atoms with Crippen LogP contribution in [0.25, 0.3) is 0 Å². The fraction of sp³-hybridized carbons (Fsp3) is 0.222. The van der Waals surface area contributed by atoms with Crippen LogP contribution in [0.5, 0.6) is 0 Å². The first-order chi connectivity index (χ1) is 6.50. The highest BCUT2D eigenvalue weighted by Gasteiger charge is 2.08. The van der Waals surface area contributed by atoms with Gasteiger partial charge in [-0.25, -0.2) is 4.21 Å². The van der Waals surface area contributed by atoms with Gasteiger partial charge in [-0.3, -0.25) is 9.52 Å². The molecule has 0 aliphatic carbocycles. The highest BCUT2D eigenvalue weighted by Crippen LogP contribution is 2.17. The Hall–Kier alpha value is -0.680. The number of hydrogen-bond donors (Lipinski definition) is 1. The van der Waals surface area contributed by atoms with Crippen molar-refractivity contribution in [2.24, 2.45) is 0 Å². The molecule has 1 aromatic rings. The number of halogens is 1. The summed E-state index contributed by atoms with van der Waals surface area (Å²) < 4.78 is 14.8. The van der Waals surface area contributed by atoms with Crippen LogP contribution in [0.4, 0.5) is 0 Å². The third-order valence-corrected chi connectivity index (χ3v) is 3.40. The Morgan fingerprint density at radius 1 is 1.50 bits per heavy atom. The summed E-state index contributed by atoms with van der Waals surface area (Å²) in [5.74, 6) is -0.300. The van der Waals surface area contributed by atoms with Crippen LogP contribution >= 0.6 is 15.9 Å².